The first kappa shape index (κ1) is 21.1. The Bertz CT molecular complexity index is 1340. The average molecular weight is 440 g/mol. The summed E-state index contributed by atoms with van der Waals surface area (Å²) in [5.74, 6) is -0.693. The summed E-state index contributed by atoms with van der Waals surface area (Å²) in [6.07, 6.45) is 3.54. The molecule has 0 bridgehead atoms. The van der Waals surface area contributed by atoms with Crippen molar-refractivity contribution in [3.8, 4) is 17.2 Å². The van der Waals surface area contributed by atoms with Gasteiger partial charge in [0.1, 0.15) is 5.82 Å². The van der Waals surface area contributed by atoms with E-state index >= 15 is 0 Å². The molecule has 1 aromatic heterocycles. The minimum absolute atomic E-state index is 0.174. The fourth-order valence-corrected chi connectivity index (χ4v) is 4.53. The molecule has 7 heteroatoms. The fourth-order valence-electron chi connectivity index (χ4n) is 4.53. The minimum Gasteiger partial charge on any atom is -0.375 e. The molecule has 2 aromatic carbocycles. The first-order chi connectivity index (χ1) is 15.9. The molecule has 1 saturated heterocycles. The third kappa shape index (κ3) is 3.61. The van der Waals surface area contributed by atoms with Crippen molar-refractivity contribution in [2.24, 2.45) is 0 Å². The van der Waals surface area contributed by atoms with Gasteiger partial charge in [-0.05, 0) is 23.8 Å². The minimum atomic E-state index is -1.41. The van der Waals surface area contributed by atoms with Crippen molar-refractivity contribution in [2.75, 3.05) is 13.1 Å². The molecule has 3 aromatic rings. The highest BCUT2D eigenvalue weighted by molar-refractivity contribution is 6.08. The van der Waals surface area contributed by atoms with Gasteiger partial charge in [0.25, 0.3) is 11.4 Å². The van der Waals surface area contributed by atoms with Crippen molar-refractivity contribution in [1.82, 2.24) is 9.88 Å². The number of amides is 1. The highest BCUT2D eigenvalue weighted by atomic mass is 19.1. The van der Waals surface area contributed by atoms with E-state index in [1.807, 2.05) is 30.3 Å². The summed E-state index contributed by atoms with van der Waals surface area (Å²) in [5, 5.41) is 19.9. The lowest BCUT2D eigenvalue weighted by atomic mass is 9.91. The van der Waals surface area contributed by atoms with Crippen LogP contribution in [-0.4, -0.2) is 39.6 Å². The molecule has 33 heavy (non-hydrogen) atoms. The Balaban J connectivity index is 1.59. The Morgan fingerprint density at radius 1 is 1.15 bits per heavy atom. The van der Waals surface area contributed by atoms with Crippen LogP contribution in [0.4, 0.5) is 4.39 Å². The first-order valence-electron chi connectivity index (χ1n) is 10.9. The topological polar surface area (TPSA) is 81.6 Å². The van der Waals surface area contributed by atoms with Crippen LogP contribution in [0.3, 0.4) is 0 Å². The van der Waals surface area contributed by atoms with E-state index < -0.39 is 17.0 Å². The Labute approximate surface area is 190 Å². The van der Waals surface area contributed by atoms with E-state index in [1.165, 1.54) is 18.3 Å². The standard InChI is InChI=1S/C26H21FN4O2/c1-29-26(8-9-26)18-4-2-17(3-5-18)23-20-14-19(27)6-7-22(20)30-15-21(23)24(32)31-12-10-25(33,16-28)11-13-31/h2-7,14-15,33H,8-13H2. The predicted octanol–water partition coefficient (Wildman–Crippen LogP) is 4.44. The zero-order valence-electron chi connectivity index (χ0n) is 17.9. The summed E-state index contributed by atoms with van der Waals surface area (Å²) in [4.78, 5) is 23.3. The first-order valence-corrected chi connectivity index (χ1v) is 10.9. The number of carbonyl (C=O) groups excluding carboxylic acids is 1. The molecule has 5 rings (SSSR count). The van der Waals surface area contributed by atoms with Gasteiger partial charge in [-0.15, -0.1) is 0 Å². The van der Waals surface area contributed by atoms with Crippen molar-refractivity contribution in [2.45, 2.75) is 36.8 Å². The number of nitriles is 1. The van der Waals surface area contributed by atoms with Crippen LogP contribution in [0.15, 0.2) is 48.7 Å². The molecule has 1 saturated carbocycles. The molecular formula is C26H21FN4O2. The molecule has 1 aliphatic heterocycles. The highest BCUT2D eigenvalue weighted by Crippen LogP contribution is 2.50. The zero-order valence-corrected chi connectivity index (χ0v) is 17.9. The van der Waals surface area contributed by atoms with Crippen molar-refractivity contribution in [3.63, 3.8) is 0 Å². The lowest BCUT2D eigenvalue weighted by molar-refractivity contribution is 0.0236. The monoisotopic (exact) mass is 440 g/mol. The van der Waals surface area contributed by atoms with Crippen LogP contribution in [-0.2, 0) is 5.54 Å². The summed E-state index contributed by atoms with van der Waals surface area (Å²) in [6, 6.07) is 13.8. The van der Waals surface area contributed by atoms with Gasteiger partial charge in [0.2, 0.25) is 0 Å². The molecule has 0 unspecified atom stereocenters. The third-order valence-electron chi connectivity index (χ3n) is 6.79. The molecule has 164 valence electrons. The van der Waals surface area contributed by atoms with Gasteiger partial charge in [-0.2, -0.15) is 5.26 Å². The number of rotatable bonds is 3. The Morgan fingerprint density at radius 3 is 2.45 bits per heavy atom. The molecule has 1 N–H and O–H groups in total. The van der Waals surface area contributed by atoms with E-state index in [0.717, 1.165) is 24.0 Å². The van der Waals surface area contributed by atoms with E-state index in [4.69, 9.17) is 11.8 Å². The van der Waals surface area contributed by atoms with E-state index in [0.29, 0.717) is 22.0 Å². The molecular weight excluding hydrogens is 419 g/mol. The van der Waals surface area contributed by atoms with E-state index in [-0.39, 0.29) is 31.8 Å². The second-order valence-corrected chi connectivity index (χ2v) is 8.86. The summed E-state index contributed by atoms with van der Waals surface area (Å²) >= 11 is 0. The van der Waals surface area contributed by atoms with Crippen LogP contribution in [0.25, 0.3) is 26.9 Å². The van der Waals surface area contributed by atoms with E-state index in [9.17, 15) is 14.3 Å². The maximum absolute atomic E-state index is 14.2. The maximum Gasteiger partial charge on any atom is 0.258 e. The Kier molecular flexibility index (Phi) is 4.88. The number of benzene rings is 2. The molecule has 1 amide bonds. The van der Waals surface area contributed by atoms with Gasteiger partial charge >= 0.3 is 0 Å². The Morgan fingerprint density at radius 2 is 1.85 bits per heavy atom. The molecule has 0 radical (unpaired) electrons. The van der Waals surface area contributed by atoms with Crippen LogP contribution in [0, 0.1) is 23.7 Å². The molecule has 2 heterocycles. The number of hydrogen-bond donors (Lipinski definition) is 1. The largest absolute Gasteiger partial charge is 0.375 e. The zero-order chi connectivity index (χ0) is 23.2. The van der Waals surface area contributed by atoms with Gasteiger partial charge in [-0.3, -0.25) is 9.78 Å². The molecule has 2 fully saturated rings. The van der Waals surface area contributed by atoms with Crippen molar-refractivity contribution < 1.29 is 14.3 Å². The second kappa shape index (κ2) is 7.65. The summed E-state index contributed by atoms with van der Waals surface area (Å²) in [6.45, 7) is 7.98. The molecule has 1 aliphatic carbocycles. The number of fused-ring (bicyclic) bond motifs is 1. The summed E-state index contributed by atoms with van der Waals surface area (Å²) in [5.41, 5.74) is 1.34. The van der Waals surface area contributed by atoms with Gasteiger partial charge in [-0.25, -0.2) is 11.0 Å². The molecule has 0 atom stereocenters. The third-order valence-corrected chi connectivity index (χ3v) is 6.79. The number of piperidine rings is 1. The van der Waals surface area contributed by atoms with E-state index in [1.54, 1.807) is 11.0 Å². The SMILES string of the molecule is [C-]#[N+]C1(c2ccc(-c3c(C(=O)N4CCC(O)(C#N)CC4)cnc4ccc(F)cc34)cc2)CC1. The molecule has 0 spiro atoms. The van der Waals surface area contributed by atoms with Crippen molar-refractivity contribution in [1.29, 1.82) is 5.26 Å². The number of aromatic nitrogens is 1. The maximum atomic E-state index is 14.2. The lowest BCUT2D eigenvalue weighted by Crippen LogP contribution is -2.46. The van der Waals surface area contributed by atoms with Crippen molar-refractivity contribution in [3.05, 3.63) is 77.0 Å². The highest BCUT2D eigenvalue weighted by Gasteiger charge is 2.52. The van der Waals surface area contributed by atoms with Gasteiger partial charge < -0.3 is 14.9 Å². The number of halogens is 1. The van der Waals surface area contributed by atoms with Crippen LogP contribution < -0.4 is 0 Å². The van der Waals surface area contributed by atoms with Crippen LogP contribution >= 0.6 is 0 Å². The van der Waals surface area contributed by atoms with Crippen LogP contribution in [0.5, 0.6) is 0 Å². The number of likely N-dealkylation sites (tertiary alicyclic amines) is 1. The van der Waals surface area contributed by atoms with Crippen LogP contribution in [0.1, 0.15) is 41.6 Å². The number of aliphatic hydroxyl groups is 1. The fraction of sp³-hybridized carbons (Fsp3) is 0.308. The molecule has 2 aliphatic rings. The van der Waals surface area contributed by atoms with E-state index in [2.05, 4.69) is 9.83 Å². The average Bonchev–Trinajstić information content (AvgIpc) is 3.65. The number of carbonyl (C=O) groups is 1. The summed E-state index contributed by atoms with van der Waals surface area (Å²) < 4.78 is 14.2. The quantitative estimate of drug-likeness (QED) is 0.482. The number of hydrogen-bond acceptors (Lipinski definition) is 4. The van der Waals surface area contributed by atoms with Gasteiger partial charge in [0, 0.05) is 61.5 Å². The summed E-state index contributed by atoms with van der Waals surface area (Å²) in [7, 11) is 0. The number of pyridine rings is 1. The lowest BCUT2D eigenvalue weighted by Gasteiger charge is -2.34. The smallest absolute Gasteiger partial charge is 0.258 e. The van der Waals surface area contributed by atoms with Gasteiger partial charge in [-0.1, -0.05) is 24.3 Å². The molecule has 6 nitrogen and oxygen atoms in total. The predicted molar refractivity (Wildman–Crippen MR) is 120 cm³/mol. The van der Waals surface area contributed by atoms with Gasteiger partial charge in [0.15, 0.2) is 5.60 Å². The van der Waals surface area contributed by atoms with Gasteiger partial charge in [0.05, 0.1) is 17.1 Å². The number of nitrogens with zero attached hydrogens (tertiary/aromatic N) is 4. The Hall–Kier alpha value is -3.81. The van der Waals surface area contributed by atoms with Crippen LogP contribution in [0.2, 0.25) is 0 Å². The normalized spacial score (nSPS) is 18.4. The second-order valence-electron chi connectivity index (χ2n) is 8.86. The van der Waals surface area contributed by atoms with Crippen molar-refractivity contribution >= 4 is 16.8 Å².